The zero-order chi connectivity index (χ0) is 9.80. The van der Waals surface area contributed by atoms with Gasteiger partial charge in [0, 0.05) is 17.4 Å². The first-order valence-corrected chi connectivity index (χ1v) is 5.95. The van der Waals surface area contributed by atoms with Gasteiger partial charge in [-0.3, -0.25) is 4.79 Å². The summed E-state index contributed by atoms with van der Waals surface area (Å²) < 4.78 is 0. The normalized spacial score (nSPS) is 20.7. The van der Waals surface area contributed by atoms with E-state index < -0.39 is 0 Å². The summed E-state index contributed by atoms with van der Waals surface area (Å²) in [7, 11) is 0. The van der Waals surface area contributed by atoms with Gasteiger partial charge in [-0.05, 0) is 24.3 Å². The second-order valence-corrected chi connectivity index (χ2v) is 4.57. The van der Waals surface area contributed by atoms with Crippen molar-refractivity contribution < 1.29 is 4.79 Å². The third-order valence-corrected chi connectivity index (χ3v) is 3.50. The summed E-state index contributed by atoms with van der Waals surface area (Å²) in [4.78, 5) is 11.7. The number of thioether (sulfide) groups is 1. The Morgan fingerprint density at radius 3 is 2.79 bits per heavy atom. The Hall–Kier alpha value is -0.960. The molecule has 1 atom stereocenters. The molecule has 1 unspecified atom stereocenters. The van der Waals surface area contributed by atoms with Gasteiger partial charge in [-0.2, -0.15) is 11.8 Å². The molecule has 2 nitrogen and oxygen atoms in total. The van der Waals surface area contributed by atoms with Gasteiger partial charge in [0.05, 0.1) is 0 Å². The van der Waals surface area contributed by atoms with Crippen molar-refractivity contribution in [3.63, 3.8) is 0 Å². The minimum absolute atomic E-state index is 0.168. The van der Waals surface area contributed by atoms with E-state index >= 15 is 0 Å². The molecule has 1 heterocycles. The van der Waals surface area contributed by atoms with Crippen LogP contribution in [0.3, 0.4) is 0 Å². The maximum Gasteiger partial charge on any atom is 0.228 e. The molecule has 1 aliphatic heterocycles. The predicted molar refractivity (Wildman–Crippen MR) is 60.5 cm³/mol. The zero-order valence-electron chi connectivity index (χ0n) is 7.90. The van der Waals surface area contributed by atoms with Crippen LogP contribution in [0.4, 0.5) is 5.69 Å². The number of carbonyl (C=O) groups is 1. The third-order valence-electron chi connectivity index (χ3n) is 2.34. The van der Waals surface area contributed by atoms with Crippen molar-refractivity contribution in [1.82, 2.24) is 0 Å². The first-order valence-electron chi connectivity index (χ1n) is 4.80. The molecule has 1 saturated heterocycles. The van der Waals surface area contributed by atoms with Crippen molar-refractivity contribution in [2.24, 2.45) is 5.92 Å². The van der Waals surface area contributed by atoms with E-state index in [1.54, 1.807) is 0 Å². The number of para-hydroxylation sites is 1. The molecule has 0 spiro atoms. The highest BCUT2D eigenvalue weighted by atomic mass is 32.2. The van der Waals surface area contributed by atoms with Gasteiger partial charge in [0.15, 0.2) is 0 Å². The van der Waals surface area contributed by atoms with E-state index in [-0.39, 0.29) is 11.8 Å². The number of anilines is 1. The average Bonchev–Trinajstić information content (AvgIpc) is 2.72. The van der Waals surface area contributed by atoms with E-state index in [4.69, 9.17) is 0 Å². The molecule has 74 valence electrons. The fourth-order valence-electron chi connectivity index (χ4n) is 1.51. The molecule has 0 saturated carbocycles. The van der Waals surface area contributed by atoms with Gasteiger partial charge < -0.3 is 5.32 Å². The molecule has 3 heteroatoms. The third kappa shape index (κ3) is 2.29. The topological polar surface area (TPSA) is 29.1 Å². The first-order chi connectivity index (χ1) is 6.86. The molecule has 0 aromatic heterocycles. The van der Waals surface area contributed by atoms with Crippen LogP contribution >= 0.6 is 11.8 Å². The SMILES string of the molecule is O=C(Nc1ccccc1)C1CCSC1. The number of rotatable bonds is 2. The van der Waals surface area contributed by atoms with Gasteiger partial charge in [-0.1, -0.05) is 18.2 Å². The average molecular weight is 207 g/mol. The van der Waals surface area contributed by atoms with Crippen LogP contribution in [0.15, 0.2) is 30.3 Å². The van der Waals surface area contributed by atoms with Crippen LogP contribution in [0.2, 0.25) is 0 Å². The minimum Gasteiger partial charge on any atom is -0.326 e. The smallest absolute Gasteiger partial charge is 0.228 e. The lowest BCUT2D eigenvalue weighted by Gasteiger charge is -2.09. The van der Waals surface area contributed by atoms with Crippen LogP contribution < -0.4 is 5.32 Å². The van der Waals surface area contributed by atoms with Crippen LogP contribution in [0.1, 0.15) is 6.42 Å². The molecule has 1 fully saturated rings. The highest BCUT2D eigenvalue weighted by Crippen LogP contribution is 2.24. The van der Waals surface area contributed by atoms with E-state index in [1.165, 1.54) is 0 Å². The summed E-state index contributed by atoms with van der Waals surface area (Å²) >= 11 is 1.86. The monoisotopic (exact) mass is 207 g/mol. The summed E-state index contributed by atoms with van der Waals surface area (Å²) in [5.74, 6) is 2.47. The molecular weight excluding hydrogens is 194 g/mol. The van der Waals surface area contributed by atoms with Gasteiger partial charge in [0.1, 0.15) is 0 Å². The Bertz CT molecular complexity index is 306. The molecule has 0 bridgehead atoms. The van der Waals surface area contributed by atoms with Crippen LogP contribution in [-0.4, -0.2) is 17.4 Å². The summed E-state index contributed by atoms with van der Waals surface area (Å²) in [6.07, 6.45) is 1.02. The van der Waals surface area contributed by atoms with Gasteiger partial charge in [0.2, 0.25) is 5.91 Å². The highest BCUT2D eigenvalue weighted by molar-refractivity contribution is 7.99. The summed E-state index contributed by atoms with van der Waals surface area (Å²) in [5, 5.41) is 2.93. The Morgan fingerprint density at radius 1 is 1.36 bits per heavy atom. The molecule has 1 N–H and O–H groups in total. The molecule has 1 aromatic carbocycles. The molecular formula is C11H13NOS. The van der Waals surface area contributed by atoms with Crippen LogP contribution in [0.25, 0.3) is 0 Å². The van der Waals surface area contributed by atoms with Gasteiger partial charge >= 0.3 is 0 Å². The number of hydrogen-bond donors (Lipinski definition) is 1. The van der Waals surface area contributed by atoms with E-state index in [9.17, 15) is 4.79 Å². The lowest BCUT2D eigenvalue weighted by atomic mass is 10.1. The van der Waals surface area contributed by atoms with E-state index in [0.29, 0.717) is 0 Å². The predicted octanol–water partition coefficient (Wildman–Crippen LogP) is 2.38. The van der Waals surface area contributed by atoms with Crippen LogP contribution in [-0.2, 0) is 4.79 Å². The van der Waals surface area contributed by atoms with Crippen LogP contribution in [0.5, 0.6) is 0 Å². The van der Waals surface area contributed by atoms with Crippen molar-refractivity contribution in [1.29, 1.82) is 0 Å². The second kappa shape index (κ2) is 4.51. The van der Waals surface area contributed by atoms with Crippen LogP contribution in [0, 0.1) is 5.92 Å². The molecule has 2 rings (SSSR count). The number of nitrogens with one attached hydrogen (secondary N) is 1. The quantitative estimate of drug-likeness (QED) is 0.806. The second-order valence-electron chi connectivity index (χ2n) is 3.42. The molecule has 14 heavy (non-hydrogen) atoms. The molecule has 1 amide bonds. The Morgan fingerprint density at radius 2 is 2.14 bits per heavy atom. The van der Waals surface area contributed by atoms with Gasteiger partial charge in [-0.15, -0.1) is 0 Å². The van der Waals surface area contributed by atoms with Crippen molar-refractivity contribution in [2.75, 3.05) is 16.8 Å². The standard InChI is InChI=1S/C11H13NOS/c13-11(9-6-7-14-8-9)12-10-4-2-1-3-5-10/h1-5,9H,6-8H2,(H,12,13). The number of amides is 1. The fraction of sp³-hybridized carbons (Fsp3) is 0.364. The van der Waals surface area contributed by atoms with Crippen molar-refractivity contribution in [2.45, 2.75) is 6.42 Å². The number of hydrogen-bond acceptors (Lipinski definition) is 2. The summed E-state index contributed by atoms with van der Waals surface area (Å²) in [5.41, 5.74) is 0.898. The Labute approximate surface area is 88.1 Å². The molecule has 0 aliphatic carbocycles. The fourth-order valence-corrected chi connectivity index (χ4v) is 2.73. The lowest BCUT2D eigenvalue weighted by molar-refractivity contribution is -0.119. The minimum atomic E-state index is 0.168. The van der Waals surface area contributed by atoms with Crippen molar-refractivity contribution >= 4 is 23.4 Å². The van der Waals surface area contributed by atoms with Gasteiger partial charge in [0.25, 0.3) is 0 Å². The first kappa shape index (κ1) is 9.59. The summed E-state index contributed by atoms with van der Waals surface area (Å²) in [6, 6.07) is 9.64. The molecule has 0 radical (unpaired) electrons. The highest BCUT2D eigenvalue weighted by Gasteiger charge is 2.22. The van der Waals surface area contributed by atoms with E-state index in [0.717, 1.165) is 23.6 Å². The Balaban J connectivity index is 1.94. The van der Waals surface area contributed by atoms with E-state index in [1.807, 2.05) is 42.1 Å². The maximum atomic E-state index is 11.7. The molecule has 1 aromatic rings. The number of carbonyl (C=O) groups excluding carboxylic acids is 1. The van der Waals surface area contributed by atoms with E-state index in [2.05, 4.69) is 5.32 Å². The number of benzene rings is 1. The largest absolute Gasteiger partial charge is 0.326 e. The van der Waals surface area contributed by atoms with Crippen molar-refractivity contribution in [3.8, 4) is 0 Å². The lowest BCUT2D eigenvalue weighted by Crippen LogP contribution is -2.22. The van der Waals surface area contributed by atoms with Crippen molar-refractivity contribution in [3.05, 3.63) is 30.3 Å². The maximum absolute atomic E-state index is 11.7. The Kier molecular flexibility index (Phi) is 3.09. The van der Waals surface area contributed by atoms with Gasteiger partial charge in [-0.25, -0.2) is 0 Å². The summed E-state index contributed by atoms with van der Waals surface area (Å²) in [6.45, 7) is 0. The zero-order valence-corrected chi connectivity index (χ0v) is 8.72. The molecule has 1 aliphatic rings.